The number of ether oxygens (including phenoxy) is 1. The minimum Gasteiger partial charge on any atom is -0.483 e. The standard InChI is InChI=1S/C18H19ClF2NO4PS.CH4O/c1-11(10-23)26-17-7-4-12(18(20,21)27)8-15(17)14-6-5-13(9-16(14)19)28(24,25)22(2)3;1-2/h4-11H,27H2,1-3H3;2H,1H3. The lowest BCUT2D eigenvalue weighted by atomic mass is 10.0. The van der Waals surface area contributed by atoms with Crippen LogP contribution < -0.4 is 4.74 Å². The first-order valence-electron chi connectivity index (χ1n) is 8.48. The van der Waals surface area contributed by atoms with Crippen molar-refractivity contribution < 1.29 is 31.8 Å². The number of hydrogen-bond acceptors (Lipinski definition) is 5. The van der Waals surface area contributed by atoms with E-state index in [1.807, 2.05) is 0 Å². The molecule has 0 saturated carbocycles. The zero-order valence-electron chi connectivity index (χ0n) is 16.8. The summed E-state index contributed by atoms with van der Waals surface area (Å²) in [6, 6.07) is 7.68. The summed E-state index contributed by atoms with van der Waals surface area (Å²) in [5, 5.41) is 7.04. The lowest BCUT2D eigenvalue weighted by Gasteiger charge is -2.19. The lowest BCUT2D eigenvalue weighted by molar-refractivity contribution is -0.113. The summed E-state index contributed by atoms with van der Waals surface area (Å²) < 4.78 is 58.6. The van der Waals surface area contributed by atoms with E-state index < -0.39 is 21.8 Å². The Labute approximate surface area is 182 Å². The van der Waals surface area contributed by atoms with Gasteiger partial charge in [-0.15, -0.1) is 0 Å². The fourth-order valence-electron chi connectivity index (χ4n) is 2.36. The van der Waals surface area contributed by atoms with Crippen molar-refractivity contribution in [1.82, 2.24) is 4.31 Å². The van der Waals surface area contributed by atoms with Crippen molar-refractivity contribution in [3.63, 3.8) is 0 Å². The van der Waals surface area contributed by atoms with Gasteiger partial charge in [-0.25, -0.2) is 12.7 Å². The first-order chi connectivity index (χ1) is 13.9. The molecule has 1 N–H and O–H groups in total. The molecule has 2 aromatic carbocycles. The molecule has 11 heteroatoms. The molecule has 0 aromatic heterocycles. The molecule has 0 amide bonds. The smallest absolute Gasteiger partial charge is 0.283 e. The fraction of sp³-hybridized carbons (Fsp3) is 0.316. The van der Waals surface area contributed by atoms with Crippen LogP contribution in [0.2, 0.25) is 5.02 Å². The van der Waals surface area contributed by atoms with E-state index in [0.29, 0.717) is 11.8 Å². The Morgan fingerprint density at radius 1 is 1.17 bits per heavy atom. The molecular weight excluding hydrogens is 459 g/mol. The molecule has 166 valence electrons. The van der Waals surface area contributed by atoms with Crippen molar-refractivity contribution in [1.29, 1.82) is 0 Å². The quantitative estimate of drug-likeness (QED) is 0.481. The Balaban J connectivity index is 0.00000218. The summed E-state index contributed by atoms with van der Waals surface area (Å²) in [5.41, 5.74) is -2.99. The van der Waals surface area contributed by atoms with Gasteiger partial charge in [-0.2, -0.15) is 8.78 Å². The Hall–Kier alpha value is -1.64. The van der Waals surface area contributed by atoms with Crippen molar-refractivity contribution in [3.8, 4) is 16.9 Å². The van der Waals surface area contributed by atoms with Gasteiger partial charge in [0.05, 0.1) is 4.90 Å². The number of carbonyl (C=O) groups excluding carboxylic acids is 1. The number of aldehydes is 1. The average molecular weight is 482 g/mol. The van der Waals surface area contributed by atoms with Crippen LogP contribution in [0.5, 0.6) is 5.75 Å². The zero-order valence-corrected chi connectivity index (χ0v) is 19.5. The van der Waals surface area contributed by atoms with E-state index in [2.05, 4.69) is 0 Å². The summed E-state index contributed by atoms with van der Waals surface area (Å²) in [5.74, 6) is 0.169. The van der Waals surface area contributed by atoms with E-state index in [1.54, 1.807) is 0 Å². The molecule has 0 heterocycles. The molecule has 0 radical (unpaired) electrons. The molecule has 0 aliphatic rings. The lowest BCUT2D eigenvalue weighted by Crippen LogP contribution is -2.22. The number of nitrogens with zero attached hydrogens (tertiary/aromatic N) is 1. The monoisotopic (exact) mass is 481 g/mol. The van der Waals surface area contributed by atoms with Crippen LogP contribution in [0.4, 0.5) is 8.78 Å². The van der Waals surface area contributed by atoms with Crippen LogP contribution >= 0.6 is 20.8 Å². The molecule has 0 saturated heterocycles. The maximum absolute atomic E-state index is 13.8. The maximum atomic E-state index is 13.8. The molecule has 0 spiro atoms. The molecule has 30 heavy (non-hydrogen) atoms. The van der Waals surface area contributed by atoms with Crippen LogP contribution in [0.1, 0.15) is 12.5 Å². The number of sulfonamides is 1. The van der Waals surface area contributed by atoms with Gasteiger partial charge in [0.2, 0.25) is 10.0 Å². The van der Waals surface area contributed by atoms with Gasteiger partial charge in [0, 0.05) is 42.9 Å². The van der Waals surface area contributed by atoms with Gasteiger partial charge in [-0.3, -0.25) is 4.79 Å². The fourth-order valence-corrected chi connectivity index (χ4v) is 3.82. The minimum absolute atomic E-state index is 0.0377. The van der Waals surface area contributed by atoms with Gasteiger partial charge in [0.15, 0.2) is 12.4 Å². The number of aliphatic hydroxyl groups excluding tert-OH is 1. The molecule has 0 bridgehead atoms. The van der Waals surface area contributed by atoms with Gasteiger partial charge in [-0.05, 0) is 37.3 Å². The van der Waals surface area contributed by atoms with Crippen LogP contribution in [0.15, 0.2) is 41.3 Å². The molecule has 0 aliphatic heterocycles. The molecule has 2 aromatic rings. The summed E-state index contributed by atoms with van der Waals surface area (Å²) in [6.07, 6.45) is -0.246. The number of alkyl halides is 2. The van der Waals surface area contributed by atoms with Crippen molar-refractivity contribution >= 4 is 37.2 Å². The minimum atomic E-state index is -3.71. The maximum Gasteiger partial charge on any atom is 0.283 e. The predicted octanol–water partition coefficient (Wildman–Crippen LogP) is 3.76. The second-order valence-corrected chi connectivity index (χ2v) is 9.51. The predicted molar refractivity (Wildman–Crippen MR) is 116 cm³/mol. The van der Waals surface area contributed by atoms with Crippen LogP contribution in [0, 0.1) is 0 Å². The Kier molecular flexibility index (Phi) is 9.32. The number of rotatable bonds is 7. The summed E-state index contributed by atoms with van der Waals surface area (Å²) in [7, 11) is 1.50. The number of aliphatic hydroxyl groups is 1. The zero-order chi connectivity index (χ0) is 23.3. The third kappa shape index (κ3) is 6.18. The number of benzene rings is 2. The second-order valence-electron chi connectivity index (χ2n) is 6.22. The summed E-state index contributed by atoms with van der Waals surface area (Å²) in [6.45, 7) is 1.50. The van der Waals surface area contributed by atoms with Gasteiger partial charge in [0.1, 0.15) is 5.75 Å². The average Bonchev–Trinajstić information content (AvgIpc) is 2.68. The molecule has 0 fully saturated rings. The second kappa shape index (κ2) is 10.6. The van der Waals surface area contributed by atoms with Crippen LogP contribution in [-0.2, 0) is 20.5 Å². The SMILES string of the molecule is CC(C=O)Oc1ccc(C(F)(F)P)cc1-c1ccc(S(=O)(=O)N(C)C)cc1Cl.CO. The van der Waals surface area contributed by atoms with Crippen molar-refractivity contribution in [2.24, 2.45) is 0 Å². The highest BCUT2D eigenvalue weighted by atomic mass is 35.5. The van der Waals surface area contributed by atoms with E-state index in [1.165, 1.54) is 66.7 Å². The molecule has 0 aliphatic carbocycles. The molecule has 2 atom stereocenters. The highest BCUT2D eigenvalue weighted by Crippen LogP contribution is 2.42. The van der Waals surface area contributed by atoms with Crippen molar-refractivity contribution in [3.05, 3.63) is 47.0 Å². The Morgan fingerprint density at radius 3 is 2.23 bits per heavy atom. The van der Waals surface area contributed by atoms with E-state index in [9.17, 15) is 22.0 Å². The summed E-state index contributed by atoms with van der Waals surface area (Å²) in [4.78, 5) is 10.9. The van der Waals surface area contributed by atoms with Crippen LogP contribution in [0.3, 0.4) is 0 Å². The highest BCUT2D eigenvalue weighted by Gasteiger charge is 2.27. The van der Waals surface area contributed by atoms with Gasteiger partial charge < -0.3 is 9.84 Å². The highest BCUT2D eigenvalue weighted by molar-refractivity contribution is 7.89. The van der Waals surface area contributed by atoms with Crippen LogP contribution in [0.25, 0.3) is 11.1 Å². The summed E-state index contributed by atoms with van der Waals surface area (Å²) >= 11 is 6.28. The number of hydrogen-bond donors (Lipinski definition) is 1. The first-order valence-corrected chi connectivity index (χ1v) is 10.9. The van der Waals surface area contributed by atoms with Crippen LogP contribution in [-0.4, -0.2) is 51.4 Å². The van der Waals surface area contributed by atoms with E-state index >= 15 is 0 Å². The van der Waals surface area contributed by atoms with Crippen molar-refractivity contribution in [2.45, 2.75) is 23.6 Å². The first kappa shape index (κ1) is 26.4. The third-order valence-corrected chi connectivity index (χ3v) is 6.34. The van der Waals surface area contributed by atoms with E-state index in [4.69, 9.17) is 21.4 Å². The number of carbonyl (C=O) groups is 1. The third-order valence-electron chi connectivity index (χ3n) is 3.88. The van der Waals surface area contributed by atoms with Gasteiger partial charge in [0.25, 0.3) is 5.66 Å². The molecular formula is C19H23ClF2NO5PS. The van der Waals surface area contributed by atoms with Gasteiger partial charge >= 0.3 is 0 Å². The number of halogens is 3. The van der Waals surface area contributed by atoms with Gasteiger partial charge in [-0.1, -0.05) is 26.9 Å². The Bertz CT molecular complexity index is 997. The van der Waals surface area contributed by atoms with E-state index in [-0.39, 0.29) is 26.8 Å². The topological polar surface area (TPSA) is 83.9 Å². The Morgan fingerprint density at radius 2 is 1.77 bits per heavy atom. The largest absolute Gasteiger partial charge is 0.483 e. The molecule has 2 rings (SSSR count). The molecule has 6 nitrogen and oxygen atoms in total. The molecule has 2 unspecified atom stereocenters. The normalized spacial score (nSPS) is 12.7. The van der Waals surface area contributed by atoms with Crippen molar-refractivity contribution in [2.75, 3.05) is 21.2 Å². The van der Waals surface area contributed by atoms with E-state index in [0.717, 1.165) is 11.4 Å².